The Bertz CT molecular complexity index is 364. The zero-order valence-corrected chi connectivity index (χ0v) is 6.28. The number of benzene rings is 1. The Morgan fingerprint density at radius 3 is 3.36 bits per heavy atom. The number of fused-ring (bicyclic) bond motifs is 1. The van der Waals surface area contributed by atoms with Gasteiger partial charge in [0.25, 0.3) is 0 Å². The van der Waals surface area contributed by atoms with Gasteiger partial charge in [0.15, 0.2) is 0 Å². The summed E-state index contributed by atoms with van der Waals surface area (Å²) >= 11 is 0. The first kappa shape index (κ1) is 6.34. The highest BCUT2D eigenvalue weighted by atomic mass is 15.4. The average molecular weight is 146 g/mol. The third-order valence-corrected chi connectivity index (χ3v) is 1.66. The van der Waals surface area contributed by atoms with Crippen molar-refractivity contribution in [1.82, 2.24) is 15.0 Å². The molecule has 1 aromatic heterocycles. The first-order valence-electron chi connectivity index (χ1n) is 3.61. The molecule has 1 heterocycles. The number of hydrogen-bond donors (Lipinski definition) is 0. The summed E-state index contributed by atoms with van der Waals surface area (Å²) in [6.07, 6.45) is 0. The molecular weight excluding hydrogens is 138 g/mol. The van der Waals surface area contributed by atoms with E-state index in [4.69, 9.17) is 0 Å². The summed E-state index contributed by atoms with van der Waals surface area (Å²) < 4.78 is 1.86. The summed E-state index contributed by atoms with van der Waals surface area (Å²) in [5.41, 5.74) is 1.99. The third kappa shape index (κ3) is 0.888. The molecule has 3 heteroatoms. The number of aryl methyl sites for hydroxylation is 1. The van der Waals surface area contributed by atoms with Crippen LogP contribution in [0, 0.1) is 6.07 Å². The summed E-state index contributed by atoms with van der Waals surface area (Å²) in [5.74, 6) is 0. The van der Waals surface area contributed by atoms with Gasteiger partial charge in [-0.25, -0.2) is 4.68 Å². The Kier molecular flexibility index (Phi) is 1.35. The fourth-order valence-corrected chi connectivity index (χ4v) is 1.10. The molecule has 2 rings (SSSR count). The van der Waals surface area contributed by atoms with Gasteiger partial charge in [-0.1, -0.05) is 11.3 Å². The van der Waals surface area contributed by atoms with Gasteiger partial charge < -0.3 is 0 Å². The zero-order chi connectivity index (χ0) is 7.68. The Labute approximate surface area is 64.6 Å². The van der Waals surface area contributed by atoms with Crippen LogP contribution in [0.1, 0.15) is 6.92 Å². The highest BCUT2D eigenvalue weighted by Gasteiger charge is 1.98. The van der Waals surface area contributed by atoms with E-state index in [1.165, 1.54) is 0 Å². The standard InChI is InChI=1S/C8H8N3/c1-2-11-8-6-4-3-5-7(8)9-10-11/h4-6H,2H2,1H3. The minimum atomic E-state index is 0.862. The molecule has 0 N–H and O–H groups in total. The number of hydrogen-bond acceptors (Lipinski definition) is 2. The summed E-state index contributed by atoms with van der Waals surface area (Å²) in [7, 11) is 0. The molecule has 0 saturated carbocycles. The zero-order valence-electron chi connectivity index (χ0n) is 6.28. The minimum Gasteiger partial charge on any atom is -0.245 e. The molecule has 0 saturated heterocycles. The number of aromatic nitrogens is 3. The van der Waals surface area contributed by atoms with Crippen molar-refractivity contribution >= 4 is 11.0 Å². The predicted molar refractivity (Wildman–Crippen MR) is 42.0 cm³/mol. The quantitative estimate of drug-likeness (QED) is 0.606. The van der Waals surface area contributed by atoms with Crippen molar-refractivity contribution in [1.29, 1.82) is 0 Å². The second-order valence-electron chi connectivity index (χ2n) is 2.32. The molecule has 1 aromatic carbocycles. The number of rotatable bonds is 1. The van der Waals surface area contributed by atoms with Crippen LogP contribution in [0.25, 0.3) is 11.0 Å². The van der Waals surface area contributed by atoms with Gasteiger partial charge in [-0.05, 0) is 25.1 Å². The van der Waals surface area contributed by atoms with Crippen molar-refractivity contribution in [2.75, 3.05) is 0 Å². The summed E-state index contributed by atoms with van der Waals surface area (Å²) in [5, 5.41) is 7.93. The van der Waals surface area contributed by atoms with E-state index in [1.54, 1.807) is 0 Å². The molecule has 0 bridgehead atoms. The van der Waals surface area contributed by atoms with Gasteiger partial charge in [0.05, 0.1) is 5.52 Å². The maximum absolute atomic E-state index is 3.97. The fourth-order valence-electron chi connectivity index (χ4n) is 1.10. The van der Waals surface area contributed by atoms with Crippen molar-refractivity contribution < 1.29 is 0 Å². The van der Waals surface area contributed by atoms with Crippen molar-refractivity contribution in [3.63, 3.8) is 0 Å². The lowest BCUT2D eigenvalue weighted by atomic mass is 10.3. The van der Waals surface area contributed by atoms with Gasteiger partial charge in [-0.2, -0.15) is 0 Å². The second-order valence-corrected chi connectivity index (χ2v) is 2.32. The van der Waals surface area contributed by atoms with Crippen LogP contribution in [0.2, 0.25) is 0 Å². The van der Waals surface area contributed by atoms with Gasteiger partial charge in [0.2, 0.25) is 0 Å². The summed E-state index contributed by atoms with van der Waals surface area (Å²) in [6.45, 7) is 2.91. The molecule has 1 radical (unpaired) electrons. The number of nitrogens with zero attached hydrogens (tertiary/aromatic N) is 3. The average Bonchev–Trinajstić information content (AvgIpc) is 2.47. The van der Waals surface area contributed by atoms with Crippen LogP contribution in [0.4, 0.5) is 0 Å². The molecule has 0 fully saturated rings. The molecular formula is C8H8N3. The predicted octanol–water partition coefficient (Wildman–Crippen LogP) is 1.25. The lowest BCUT2D eigenvalue weighted by Crippen LogP contribution is -1.95. The van der Waals surface area contributed by atoms with Crippen LogP contribution in [0.5, 0.6) is 0 Å². The van der Waals surface area contributed by atoms with Crippen LogP contribution >= 0.6 is 0 Å². The Balaban J connectivity index is 2.76. The molecule has 0 amide bonds. The first-order chi connectivity index (χ1) is 5.42. The van der Waals surface area contributed by atoms with Gasteiger partial charge in [-0.15, -0.1) is 5.10 Å². The van der Waals surface area contributed by atoms with Crippen LogP contribution in [0.3, 0.4) is 0 Å². The van der Waals surface area contributed by atoms with Crippen molar-refractivity contribution in [3.8, 4) is 0 Å². The normalized spacial score (nSPS) is 10.6. The molecule has 11 heavy (non-hydrogen) atoms. The van der Waals surface area contributed by atoms with Crippen LogP contribution < -0.4 is 0 Å². The van der Waals surface area contributed by atoms with E-state index < -0.39 is 0 Å². The van der Waals surface area contributed by atoms with E-state index >= 15 is 0 Å². The van der Waals surface area contributed by atoms with E-state index in [0.29, 0.717) is 0 Å². The highest BCUT2D eigenvalue weighted by Crippen LogP contribution is 2.08. The Hall–Kier alpha value is -1.38. The van der Waals surface area contributed by atoms with Gasteiger partial charge in [0.1, 0.15) is 5.52 Å². The molecule has 0 aliphatic carbocycles. The smallest absolute Gasteiger partial charge is 0.113 e. The lowest BCUT2D eigenvalue weighted by molar-refractivity contribution is 0.646. The summed E-state index contributed by atoms with van der Waals surface area (Å²) in [4.78, 5) is 0. The molecule has 0 spiro atoms. The van der Waals surface area contributed by atoms with Crippen molar-refractivity contribution in [3.05, 3.63) is 24.3 Å². The SMILES string of the molecule is CCn1nnc2c[c]ccc21. The van der Waals surface area contributed by atoms with Crippen LogP contribution in [-0.4, -0.2) is 15.0 Å². The second kappa shape index (κ2) is 2.34. The van der Waals surface area contributed by atoms with Gasteiger partial charge >= 0.3 is 0 Å². The van der Waals surface area contributed by atoms with E-state index in [0.717, 1.165) is 17.6 Å². The van der Waals surface area contributed by atoms with Crippen molar-refractivity contribution in [2.24, 2.45) is 0 Å². The maximum Gasteiger partial charge on any atom is 0.113 e. The summed E-state index contributed by atoms with van der Waals surface area (Å²) in [6, 6.07) is 8.64. The fraction of sp³-hybridized carbons (Fsp3) is 0.250. The van der Waals surface area contributed by atoms with E-state index in [2.05, 4.69) is 16.4 Å². The minimum absolute atomic E-state index is 0.862. The molecule has 0 unspecified atom stereocenters. The Morgan fingerprint density at radius 1 is 1.64 bits per heavy atom. The molecule has 55 valence electrons. The Morgan fingerprint density at radius 2 is 2.55 bits per heavy atom. The molecule has 0 aliphatic rings. The molecule has 0 atom stereocenters. The molecule has 0 aliphatic heterocycles. The van der Waals surface area contributed by atoms with E-state index in [-0.39, 0.29) is 0 Å². The lowest BCUT2D eigenvalue weighted by Gasteiger charge is -1.93. The topological polar surface area (TPSA) is 30.7 Å². The van der Waals surface area contributed by atoms with Crippen LogP contribution in [-0.2, 0) is 6.54 Å². The van der Waals surface area contributed by atoms with Gasteiger partial charge in [0, 0.05) is 6.54 Å². The third-order valence-electron chi connectivity index (χ3n) is 1.66. The van der Waals surface area contributed by atoms with E-state index in [9.17, 15) is 0 Å². The van der Waals surface area contributed by atoms with Gasteiger partial charge in [-0.3, -0.25) is 0 Å². The van der Waals surface area contributed by atoms with E-state index in [1.807, 2.05) is 29.8 Å². The molecule has 2 aromatic rings. The first-order valence-corrected chi connectivity index (χ1v) is 3.61. The molecule has 3 nitrogen and oxygen atoms in total. The largest absolute Gasteiger partial charge is 0.245 e. The maximum atomic E-state index is 3.97. The van der Waals surface area contributed by atoms with Crippen LogP contribution in [0.15, 0.2) is 18.2 Å². The monoisotopic (exact) mass is 146 g/mol. The highest BCUT2D eigenvalue weighted by molar-refractivity contribution is 5.73. The van der Waals surface area contributed by atoms with Crippen molar-refractivity contribution in [2.45, 2.75) is 13.5 Å².